The minimum atomic E-state index is -4.36. The minimum absolute atomic E-state index is 0.0719. The lowest BCUT2D eigenvalue weighted by Gasteiger charge is -2.08. The summed E-state index contributed by atoms with van der Waals surface area (Å²) in [5.41, 5.74) is 0.458. The van der Waals surface area contributed by atoms with Crippen LogP contribution in [0.15, 0.2) is 24.3 Å². The molecular weight excluding hydrogens is 233 g/mol. The first kappa shape index (κ1) is 11.9. The van der Waals surface area contributed by atoms with E-state index in [9.17, 15) is 13.2 Å². The molecule has 6 heteroatoms. The second-order valence-corrected chi connectivity index (χ2v) is 3.74. The van der Waals surface area contributed by atoms with Gasteiger partial charge in [-0.05, 0) is 18.2 Å². The summed E-state index contributed by atoms with van der Waals surface area (Å²) in [4.78, 5) is 4.46. The summed E-state index contributed by atoms with van der Waals surface area (Å²) in [6, 6.07) is 5.53. The molecule has 2 N–H and O–H groups in total. The van der Waals surface area contributed by atoms with Crippen molar-refractivity contribution in [3.8, 4) is 0 Å². The highest BCUT2D eigenvalue weighted by molar-refractivity contribution is 5.85. The molecule has 2 aromatic rings. The quantitative estimate of drug-likeness (QED) is 0.825. The summed E-state index contributed by atoms with van der Waals surface area (Å²) in [5, 5.41) is 0.162. The molecule has 0 saturated heterocycles. The van der Waals surface area contributed by atoms with Crippen molar-refractivity contribution in [2.24, 2.45) is 12.9 Å². The van der Waals surface area contributed by atoms with Crippen molar-refractivity contribution in [3.05, 3.63) is 35.5 Å². The lowest BCUT2D eigenvalue weighted by Crippen LogP contribution is -2.05. The lowest BCUT2D eigenvalue weighted by molar-refractivity contribution is -0.136. The van der Waals surface area contributed by atoms with E-state index in [2.05, 4.69) is 4.84 Å². The maximum atomic E-state index is 12.8. The van der Waals surface area contributed by atoms with Crippen LogP contribution in [0.4, 0.5) is 13.2 Å². The highest BCUT2D eigenvalue weighted by Gasteiger charge is 2.33. The van der Waals surface area contributed by atoms with Crippen LogP contribution in [0.2, 0.25) is 0 Å². The number of aromatic nitrogens is 1. The van der Waals surface area contributed by atoms with Gasteiger partial charge in [0.05, 0.1) is 5.56 Å². The molecule has 0 bridgehead atoms. The van der Waals surface area contributed by atoms with E-state index in [1.807, 2.05) is 0 Å². The number of hydrogen-bond acceptors (Lipinski definition) is 2. The van der Waals surface area contributed by atoms with Crippen LogP contribution in [0.3, 0.4) is 0 Å². The van der Waals surface area contributed by atoms with Crippen LogP contribution < -0.4 is 5.90 Å². The molecule has 0 saturated carbocycles. The smallest absolute Gasteiger partial charge is 0.345 e. The molecule has 92 valence electrons. The van der Waals surface area contributed by atoms with Crippen molar-refractivity contribution in [2.45, 2.75) is 12.8 Å². The predicted octanol–water partition coefficient (Wildman–Crippen LogP) is 2.59. The molecule has 1 aromatic heterocycles. The number of aryl methyl sites for hydroxylation is 1. The van der Waals surface area contributed by atoms with Gasteiger partial charge in [0.15, 0.2) is 0 Å². The summed E-state index contributed by atoms with van der Waals surface area (Å²) in [5.74, 6) is 4.94. The van der Waals surface area contributed by atoms with E-state index in [-0.39, 0.29) is 12.0 Å². The molecule has 3 nitrogen and oxygen atoms in total. The fraction of sp³-hybridized carbons (Fsp3) is 0.273. The van der Waals surface area contributed by atoms with Gasteiger partial charge in [-0.15, -0.1) is 0 Å². The Bertz CT molecular complexity index is 545. The standard InChI is InChI=1S/C11H11F3N2O/c1-16-7(6-17-15)5-8-9(11(12,13)14)3-2-4-10(8)16/h2-5H,6,15H2,1H3. The zero-order valence-electron chi connectivity index (χ0n) is 9.08. The Morgan fingerprint density at radius 3 is 2.65 bits per heavy atom. The summed E-state index contributed by atoms with van der Waals surface area (Å²) in [6.07, 6.45) is -4.36. The molecule has 0 aliphatic heterocycles. The van der Waals surface area contributed by atoms with Crippen molar-refractivity contribution in [1.29, 1.82) is 0 Å². The van der Waals surface area contributed by atoms with Gasteiger partial charge in [0.25, 0.3) is 0 Å². The van der Waals surface area contributed by atoms with Crippen molar-refractivity contribution >= 4 is 10.9 Å². The maximum absolute atomic E-state index is 12.8. The number of fused-ring (bicyclic) bond motifs is 1. The largest absolute Gasteiger partial charge is 0.417 e. The Morgan fingerprint density at radius 1 is 1.35 bits per heavy atom. The fourth-order valence-electron chi connectivity index (χ4n) is 1.89. The van der Waals surface area contributed by atoms with Crippen molar-refractivity contribution in [1.82, 2.24) is 4.57 Å². The van der Waals surface area contributed by atoms with Crippen LogP contribution in [0.5, 0.6) is 0 Å². The summed E-state index contributed by atoms with van der Waals surface area (Å²) >= 11 is 0. The van der Waals surface area contributed by atoms with Crippen molar-refractivity contribution in [3.63, 3.8) is 0 Å². The summed E-state index contributed by atoms with van der Waals surface area (Å²) in [7, 11) is 1.68. The Hall–Kier alpha value is -1.53. The highest BCUT2D eigenvalue weighted by atomic mass is 19.4. The monoisotopic (exact) mass is 244 g/mol. The van der Waals surface area contributed by atoms with Gasteiger partial charge in [0, 0.05) is 23.6 Å². The van der Waals surface area contributed by atoms with E-state index >= 15 is 0 Å². The molecule has 0 amide bonds. The second kappa shape index (κ2) is 4.05. The second-order valence-electron chi connectivity index (χ2n) is 3.74. The van der Waals surface area contributed by atoms with Gasteiger partial charge in [-0.25, -0.2) is 5.90 Å². The van der Waals surface area contributed by atoms with Crippen LogP contribution in [0, 0.1) is 0 Å². The Morgan fingerprint density at radius 2 is 2.06 bits per heavy atom. The molecule has 2 rings (SSSR count). The Balaban J connectivity index is 2.69. The van der Waals surface area contributed by atoms with Gasteiger partial charge in [-0.1, -0.05) is 6.07 Å². The Kier molecular flexibility index (Phi) is 2.84. The molecule has 1 aromatic carbocycles. The first-order chi connectivity index (χ1) is 7.95. The number of hydrogen-bond donors (Lipinski definition) is 1. The lowest BCUT2D eigenvalue weighted by atomic mass is 10.1. The third kappa shape index (κ3) is 2.01. The molecular formula is C11H11F3N2O. The topological polar surface area (TPSA) is 40.2 Å². The number of halogens is 3. The van der Waals surface area contributed by atoms with Crippen LogP contribution in [0.1, 0.15) is 11.3 Å². The first-order valence-corrected chi connectivity index (χ1v) is 4.91. The van der Waals surface area contributed by atoms with E-state index in [4.69, 9.17) is 5.90 Å². The van der Waals surface area contributed by atoms with E-state index in [1.165, 1.54) is 12.1 Å². The first-order valence-electron chi connectivity index (χ1n) is 4.91. The zero-order chi connectivity index (χ0) is 12.6. The van der Waals surface area contributed by atoms with Crippen molar-refractivity contribution < 1.29 is 18.0 Å². The summed E-state index contributed by atoms with van der Waals surface area (Å²) < 4.78 is 40.0. The van der Waals surface area contributed by atoms with E-state index < -0.39 is 11.7 Å². The molecule has 0 unspecified atom stereocenters. The molecule has 0 aliphatic rings. The van der Waals surface area contributed by atoms with Gasteiger partial charge in [0.2, 0.25) is 0 Å². The Labute approximate surface area is 95.5 Å². The summed E-state index contributed by atoms with van der Waals surface area (Å²) in [6.45, 7) is 0.0719. The molecule has 0 radical (unpaired) electrons. The minimum Gasteiger partial charge on any atom is -0.345 e. The molecule has 0 atom stereocenters. The average Bonchev–Trinajstić information content (AvgIpc) is 2.55. The van der Waals surface area contributed by atoms with E-state index in [1.54, 1.807) is 17.7 Å². The maximum Gasteiger partial charge on any atom is 0.417 e. The average molecular weight is 244 g/mol. The zero-order valence-corrected chi connectivity index (χ0v) is 9.08. The number of benzene rings is 1. The molecule has 17 heavy (non-hydrogen) atoms. The fourth-order valence-corrected chi connectivity index (χ4v) is 1.89. The van der Waals surface area contributed by atoms with Gasteiger partial charge in [0.1, 0.15) is 6.61 Å². The normalized spacial score (nSPS) is 12.3. The van der Waals surface area contributed by atoms with Crippen LogP contribution in [-0.4, -0.2) is 4.57 Å². The number of alkyl halides is 3. The third-order valence-corrected chi connectivity index (χ3v) is 2.72. The van der Waals surface area contributed by atoms with Gasteiger partial charge in [-0.2, -0.15) is 13.2 Å². The molecule has 0 fully saturated rings. The van der Waals surface area contributed by atoms with Gasteiger partial charge < -0.3 is 4.57 Å². The van der Waals surface area contributed by atoms with Gasteiger partial charge in [-0.3, -0.25) is 4.84 Å². The number of rotatable bonds is 2. The van der Waals surface area contributed by atoms with Crippen LogP contribution in [0.25, 0.3) is 10.9 Å². The number of nitrogens with zero attached hydrogens (tertiary/aromatic N) is 1. The van der Waals surface area contributed by atoms with Crippen LogP contribution >= 0.6 is 0 Å². The van der Waals surface area contributed by atoms with Crippen LogP contribution in [-0.2, 0) is 24.7 Å². The van der Waals surface area contributed by atoms with E-state index in [0.29, 0.717) is 11.2 Å². The molecule has 0 aliphatic carbocycles. The number of nitrogens with two attached hydrogens (primary N) is 1. The highest BCUT2D eigenvalue weighted by Crippen LogP contribution is 2.35. The van der Waals surface area contributed by atoms with Gasteiger partial charge >= 0.3 is 6.18 Å². The van der Waals surface area contributed by atoms with E-state index in [0.717, 1.165) is 6.07 Å². The van der Waals surface area contributed by atoms with Crippen molar-refractivity contribution in [2.75, 3.05) is 0 Å². The third-order valence-electron chi connectivity index (χ3n) is 2.72. The molecule has 1 heterocycles. The SMILES string of the molecule is Cn1c(CON)cc2c(C(F)(F)F)cccc21. The predicted molar refractivity (Wildman–Crippen MR) is 56.9 cm³/mol. The molecule has 0 spiro atoms.